The number of ether oxygens (including phenoxy) is 2. The SMILES string of the molecule is CC(=O)OC(C)C(=O)N(CC1CN(C(=O)O)CC1F)[C@@H](c1nc(-c2cc(F)ccc2F)cn1Cc1ccccc1)C1CCOCC1. The minimum absolute atomic E-state index is 0.0679. The Kier molecular flexibility index (Phi) is 10.3. The van der Waals surface area contributed by atoms with Gasteiger partial charge in [0.15, 0.2) is 6.10 Å². The average Bonchev–Trinajstić information content (AvgIpc) is 3.61. The second-order valence-electron chi connectivity index (χ2n) is 11.8. The Morgan fingerprint density at radius 2 is 1.83 bits per heavy atom. The van der Waals surface area contributed by atoms with Gasteiger partial charge in [0.25, 0.3) is 5.91 Å². The Hall–Kier alpha value is -4.39. The number of carbonyl (C=O) groups is 3. The number of hydrogen-bond acceptors (Lipinski definition) is 6. The molecule has 3 aromatic rings. The maximum absolute atomic E-state index is 15.4. The molecule has 13 heteroatoms. The second kappa shape index (κ2) is 14.4. The fourth-order valence-electron chi connectivity index (χ4n) is 6.32. The van der Waals surface area contributed by atoms with Crippen LogP contribution in [0.25, 0.3) is 11.3 Å². The first-order valence-corrected chi connectivity index (χ1v) is 15.3. The molecule has 0 radical (unpaired) electrons. The number of amides is 2. The topological polar surface area (TPSA) is 114 Å². The van der Waals surface area contributed by atoms with Crippen LogP contribution in [0.5, 0.6) is 0 Å². The van der Waals surface area contributed by atoms with Gasteiger partial charge in [-0.25, -0.2) is 22.9 Å². The number of imidazole rings is 1. The number of benzene rings is 2. The Morgan fingerprint density at radius 1 is 1.11 bits per heavy atom. The molecule has 0 spiro atoms. The van der Waals surface area contributed by atoms with Crippen molar-refractivity contribution >= 4 is 18.0 Å². The highest BCUT2D eigenvalue weighted by molar-refractivity contribution is 5.83. The van der Waals surface area contributed by atoms with Crippen molar-refractivity contribution in [3.8, 4) is 11.3 Å². The molecule has 2 amide bonds. The van der Waals surface area contributed by atoms with Crippen molar-refractivity contribution in [1.82, 2.24) is 19.4 Å². The Morgan fingerprint density at radius 3 is 2.48 bits per heavy atom. The smallest absolute Gasteiger partial charge is 0.407 e. The Labute approximate surface area is 264 Å². The van der Waals surface area contributed by atoms with Gasteiger partial charge in [-0.05, 0) is 49.4 Å². The van der Waals surface area contributed by atoms with Crippen molar-refractivity contribution in [1.29, 1.82) is 0 Å². The number of halogens is 3. The number of carboxylic acid groups (broad SMARTS) is 1. The zero-order valence-corrected chi connectivity index (χ0v) is 25.7. The summed E-state index contributed by atoms with van der Waals surface area (Å²) in [5.74, 6) is -3.41. The van der Waals surface area contributed by atoms with Crippen molar-refractivity contribution in [3.05, 3.63) is 77.8 Å². The van der Waals surface area contributed by atoms with Gasteiger partial charge in [0.2, 0.25) is 0 Å². The van der Waals surface area contributed by atoms with E-state index < -0.39 is 53.8 Å². The van der Waals surface area contributed by atoms with Gasteiger partial charge in [-0.15, -0.1) is 0 Å². The molecule has 1 aromatic heterocycles. The zero-order valence-electron chi connectivity index (χ0n) is 25.7. The number of aromatic nitrogens is 2. The molecule has 2 aromatic carbocycles. The fraction of sp³-hybridized carbons (Fsp3) is 0.455. The third kappa shape index (κ3) is 7.52. The van der Waals surface area contributed by atoms with Crippen LogP contribution < -0.4 is 0 Å². The summed E-state index contributed by atoms with van der Waals surface area (Å²) in [5.41, 5.74) is 0.949. The van der Waals surface area contributed by atoms with Gasteiger partial charge in [-0.3, -0.25) is 9.59 Å². The van der Waals surface area contributed by atoms with Crippen LogP contribution in [0.15, 0.2) is 54.7 Å². The van der Waals surface area contributed by atoms with E-state index in [1.165, 1.54) is 18.7 Å². The van der Waals surface area contributed by atoms with E-state index in [1.54, 1.807) is 10.8 Å². The Bertz CT molecular complexity index is 1550. The molecule has 2 aliphatic rings. The molecule has 0 saturated carbocycles. The summed E-state index contributed by atoms with van der Waals surface area (Å²) < 4.78 is 57.4. The highest BCUT2D eigenvalue weighted by Gasteiger charge is 2.43. The van der Waals surface area contributed by atoms with Crippen LogP contribution in [-0.2, 0) is 25.6 Å². The molecule has 0 aliphatic carbocycles. The third-order valence-corrected chi connectivity index (χ3v) is 8.56. The van der Waals surface area contributed by atoms with Crippen LogP contribution in [0.2, 0.25) is 0 Å². The minimum atomic E-state index is -1.55. The normalized spacial score (nSPS) is 19.9. The lowest BCUT2D eigenvalue weighted by molar-refractivity contribution is -0.160. The molecule has 1 N–H and O–H groups in total. The van der Waals surface area contributed by atoms with Gasteiger partial charge in [-0.2, -0.15) is 0 Å². The van der Waals surface area contributed by atoms with E-state index in [9.17, 15) is 23.9 Å². The quantitative estimate of drug-likeness (QED) is 0.307. The monoisotopic (exact) mass is 642 g/mol. The standard InChI is InChI=1S/C33H37F3N4O6/c1-20(46-21(2)41)32(42)40(17-24-16-39(33(43)44)18-28(24)36)30(23-10-12-45-13-11-23)31-37-29(26-14-25(34)8-9-27(26)35)19-38(31)15-22-6-4-3-5-7-22/h3-9,14,19-20,23-24,28,30H,10-13,15-18H2,1-2H3,(H,43,44)/t20?,24?,28?,30-/m1/s1. The van der Waals surface area contributed by atoms with Gasteiger partial charge in [-0.1, -0.05) is 30.3 Å². The number of carbonyl (C=O) groups excluding carboxylic acids is 2. The van der Waals surface area contributed by atoms with Crippen LogP contribution in [0, 0.1) is 23.5 Å². The maximum atomic E-state index is 15.4. The van der Waals surface area contributed by atoms with Crippen LogP contribution in [0.1, 0.15) is 44.1 Å². The summed E-state index contributed by atoms with van der Waals surface area (Å²) in [4.78, 5) is 45.0. The molecule has 3 unspecified atom stereocenters. The number of esters is 1. The van der Waals surface area contributed by atoms with E-state index in [0.29, 0.717) is 31.9 Å². The molecule has 5 rings (SSSR count). The molecular weight excluding hydrogens is 605 g/mol. The first-order chi connectivity index (χ1) is 22.0. The van der Waals surface area contributed by atoms with Gasteiger partial charge in [0.1, 0.15) is 23.6 Å². The number of likely N-dealkylation sites (tertiary alicyclic amines) is 1. The van der Waals surface area contributed by atoms with E-state index >= 15 is 8.78 Å². The second-order valence-corrected chi connectivity index (χ2v) is 11.8. The highest BCUT2D eigenvalue weighted by atomic mass is 19.1. The minimum Gasteiger partial charge on any atom is -0.465 e. The zero-order chi connectivity index (χ0) is 33.0. The first-order valence-electron chi connectivity index (χ1n) is 15.3. The predicted octanol–water partition coefficient (Wildman–Crippen LogP) is 5.07. The lowest BCUT2D eigenvalue weighted by Crippen LogP contribution is -2.49. The molecular formula is C33H37F3N4O6. The van der Waals surface area contributed by atoms with E-state index in [1.807, 2.05) is 30.3 Å². The predicted molar refractivity (Wildman–Crippen MR) is 160 cm³/mol. The van der Waals surface area contributed by atoms with Gasteiger partial charge < -0.3 is 28.9 Å². The summed E-state index contributed by atoms with van der Waals surface area (Å²) >= 11 is 0. The molecule has 4 atom stereocenters. The highest BCUT2D eigenvalue weighted by Crippen LogP contribution is 2.39. The molecule has 2 saturated heterocycles. The van der Waals surface area contributed by atoms with Gasteiger partial charge >= 0.3 is 12.1 Å². The number of nitrogens with zero attached hydrogens (tertiary/aromatic N) is 4. The van der Waals surface area contributed by atoms with Crippen molar-refractivity contribution in [3.63, 3.8) is 0 Å². The number of rotatable bonds is 10. The molecule has 2 aliphatic heterocycles. The van der Waals surface area contributed by atoms with E-state index in [-0.39, 0.29) is 43.4 Å². The summed E-state index contributed by atoms with van der Waals surface area (Å²) in [5, 5.41) is 9.54. The molecule has 3 heterocycles. The summed E-state index contributed by atoms with van der Waals surface area (Å²) in [6.07, 6.45) is -1.45. The van der Waals surface area contributed by atoms with Gasteiger partial charge in [0.05, 0.1) is 18.3 Å². The van der Waals surface area contributed by atoms with E-state index in [4.69, 9.17) is 14.5 Å². The Balaban J connectivity index is 1.66. The largest absolute Gasteiger partial charge is 0.465 e. The molecule has 246 valence electrons. The van der Waals surface area contributed by atoms with Crippen molar-refractivity contribution < 1.29 is 42.1 Å². The fourth-order valence-corrected chi connectivity index (χ4v) is 6.32. The van der Waals surface area contributed by atoms with Gasteiger partial charge in [0, 0.05) is 57.4 Å². The van der Waals surface area contributed by atoms with Crippen LogP contribution in [0.4, 0.5) is 18.0 Å². The molecule has 0 bridgehead atoms. The van der Waals surface area contributed by atoms with E-state index in [2.05, 4.69) is 0 Å². The van der Waals surface area contributed by atoms with E-state index in [0.717, 1.165) is 28.7 Å². The summed E-state index contributed by atoms with van der Waals surface area (Å²) in [6, 6.07) is 11.6. The average molecular weight is 643 g/mol. The lowest BCUT2D eigenvalue weighted by Gasteiger charge is -2.40. The molecule has 10 nitrogen and oxygen atoms in total. The third-order valence-electron chi connectivity index (χ3n) is 8.56. The van der Waals surface area contributed by atoms with Crippen molar-refractivity contribution in [2.45, 2.75) is 51.6 Å². The molecule has 2 fully saturated rings. The number of hydrogen-bond donors (Lipinski definition) is 1. The number of alkyl halides is 1. The van der Waals surface area contributed by atoms with Crippen LogP contribution in [0.3, 0.4) is 0 Å². The first kappa shape index (κ1) is 33.0. The van der Waals surface area contributed by atoms with Crippen molar-refractivity contribution in [2.75, 3.05) is 32.8 Å². The summed E-state index contributed by atoms with van der Waals surface area (Å²) in [6.45, 7) is 2.96. The maximum Gasteiger partial charge on any atom is 0.407 e. The van der Waals surface area contributed by atoms with Crippen LogP contribution >= 0.6 is 0 Å². The lowest BCUT2D eigenvalue weighted by atomic mass is 9.88. The summed E-state index contributed by atoms with van der Waals surface area (Å²) in [7, 11) is 0. The molecule has 46 heavy (non-hydrogen) atoms. The van der Waals surface area contributed by atoms with Crippen LogP contribution in [-0.4, -0.2) is 87.6 Å². The van der Waals surface area contributed by atoms with Crippen molar-refractivity contribution in [2.24, 2.45) is 11.8 Å².